The zero-order valence-electron chi connectivity index (χ0n) is 16.5. The van der Waals surface area contributed by atoms with Gasteiger partial charge in [-0.05, 0) is 37.5 Å². The number of hydrogen-bond acceptors (Lipinski definition) is 3. The van der Waals surface area contributed by atoms with E-state index >= 15 is 0 Å². The molecule has 2 amide bonds. The monoisotopic (exact) mass is 394 g/mol. The molecule has 6 nitrogen and oxygen atoms in total. The molecule has 2 atom stereocenters. The lowest BCUT2D eigenvalue weighted by molar-refractivity contribution is -0.142. The van der Waals surface area contributed by atoms with Gasteiger partial charge < -0.3 is 15.3 Å². The first-order chi connectivity index (χ1) is 13.9. The van der Waals surface area contributed by atoms with E-state index in [-0.39, 0.29) is 18.2 Å². The van der Waals surface area contributed by atoms with Crippen molar-refractivity contribution in [3.05, 3.63) is 71.3 Å². The minimum Gasteiger partial charge on any atom is -0.480 e. The van der Waals surface area contributed by atoms with Crippen molar-refractivity contribution in [1.82, 2.24) is 10.2 Å². The summed E-state index contributed by atoms with van der Waals surface area (Å²) in [7, 11) is 0. The van der Waals surface area contributed by atoms with Gasteiger partial charge in [0.05, 0.1) is 5.92 Å². The van der Waals surface area contributed by atoms with Crippen LogP contribution in [-0.2, 0) is 16.0 Å². The summed E-state index contributed by atoms with van der Waals surface area (Å²) < 4.78 is 0. The second-order valence-electron chi connectivity index (χ2n) is 7.55. The largest absolute Gasteiger partial charge is 0.480 e. The molecule has 0 bridgehead atoms. The van der Waals surface area contributed by atoms with Crippen LogP contribution in [0.3, 0.4) is 0 Å². The average molecular weight is 394 g/mol. The van der Waals surface area contributed by atoms with E-state index in [1.807, 2.05) is 49.4 Å². The van der Waals surface area contributed by atoms with Gasteiger partial charge in [0.15, 0.2) is 0 Å². The van der Waals surface area contributed by atoms with Crippen LogP contribution in [0.5, 0.6) is 0 Å². The number of benzene rings is 2. The second kappa shape index (κ2) is 9.37. The average Bonchev–Trinajstić information content (AvgIpc) is 2.74. The van der Waals surface area contributed by atoms with E-state index in [4.69, 9.17) is 0 Å². The molecule has 0 radical (unpaired) electrons. The number of carbonyl (C=O) groups excluding carboxylic acids is 2. The molecule has 3 rings (SSSR count). The van der Waals surface area contributed by atoms with Gasteiger partial charge in [-0.2, -0.15) is 0 Å². The van der Waals surface area contributed by atoms with Crippen molar-refractivity contribution in [1.29, 1.82) is 0 Å². The van der Waals surface area contributed by atoms with Gasteiger partial charge in [-0.15, -0.1) is 0 Å². The molecule has 0 aromatic heterocycles. The molecule has 0 aliphatic carbocycles. The normalized spacial score (nSPS) is 17.4. The fourth-order valence-corrected chi connectivity index (χ4v) is 3.59. The molecule has 1 fully saturated rings. The Labute approximate surface area is 170 Å². The van der Waals surface area contributed by atoms with Gasteiger partial charge in [0.2, 0.25) is 5.91 Å². The van der Waals surface area contributed by atoms with Crippen LogP contribution < -0.4 is 5.32 Å². The van der Waals surface area contributed by atoms with Crippen LogP contribution in [0.2, 0.25) is 0 Å². The van der Waals surface area contributed by atoms with Crippen molar-refractivity contribution in [2.24, 2.45) is 5.92 Å². The molecule has 2 N–H and O–H groups in total. The fraction of sp³-hybridized carbons (Fsp3) is 0.348. The van der Waals surface area contributed by atoms with E-state index in [0.717, 1.165) is 11.1 Å². The van der Waals surface area contributed by atoms with Crippen molar-refractivity contribution >= 4 is 17.8 Å². The Morgan fingerprint density at radius 2 is 1.79 bits per heavy atom. The minimum atomic E-state index is -1.06. The quantitative estimate of drug-likeness (QED) is 0.789. The van der Waals surface area contributed by atoms with E-state index in [1.165, 1.54) is 0 Å². The SMILES string of the molecule is Cc1ccc(C(=O)N2CCCC(C(=O)NC(Cc3ccccc3)C(=O)O)C2)cc1. The molecular weight excluding hydrogens is 368 g/mol. The van der Waals surface area contributed by atoms with E-state index in [9.17, 15) is 19.5 Å². The lowest BCUT2D eigenvalue weighted by atomic mass is 9.95. The molecule has 1 aliphatic rings. The Kier molecular flexibility index (Phi) is 6.65. The summed E-state index contributed by atoms with van der Waals surface area (Å²) in [6, 6.07) is 15.6. The summed E-state index contributed by atoms with van der Waals surface area (Å²) >= 11 is 0. The fourth-order valence-electron chi connectivity index (χ4n) is 3.59. The van der Waals surface area contributed by atoms with Gasteiger partial charge in [0, 0.05) is 25.1 Å². The van der Waals surface area contributed by atoms with Gasteiger partial charge >= 0.3 is 5.97 Å². The van der Waals surface area contributed by atoms with E-state index in [0.29, 0.717) is 31.5 Å². The second-order valence-corrected chi connectivity index (χ2v) is 7.55. The highest BCUT2D eigenvalue weighted by Gasteiger charge is 2.31. The summed E-state index contributed by atoms with van der Waals surface area (Å²) in [4.78, 5) is 38.8. The highest BCUT2D eigenvalue weighted by molar-refractivity contribution is 5.95. The maximum Gasteiger partial charge on any atom is 0.326 e. The number of nitrogens with one attached hydrogen (secondary N) is 1. The number of likely N-dealkylation sites (tertiary alicyclic amines) is 1. The van der Waals surface area contributed by atoms with E-state index in [2.05, 4.69) is 5.32 Å². The van der Waals surface area contributed by atoms with Crippen molar-refractivity contribution in [3.8, 4) is 0 Å². The molecule has 0 saturated carbocycles. The number of carbonyl (C=O) groups is 3. The first kappa shape index (κ1) is 20.6. The molecule has 2 aromatic rings. The van der Waals surface area contributed by atoms with E-state index in [1.54, 1.807) is 17.0 Å². The third kappa shape index (κ3) is 5.44. The molecule has 6 heteroatoms. The van der Waals surface area contributed by atoms with Crippen molar-refractivity contribution < 1.29 is 19.5 Å². The molecule has 1 heterocycles. The summed E-state index contributed by atoms with van der Waals surface area (Å²) in [5, 5.41) is 12.2. The van der Waals surface area contributed by atoms with Crippen molar-refractivity contribution in [2.75, 3.05) is 13.1 Å². The maximum atomic E-state index is 12.8. The Morgan fingerprint density at radius 1 is 1.10 bits per heavy atom. The summed E-state index contributed by atoms with van der Waals surface area (Å²) in [6.07, 6.45) is 1.58. The van der Waals surface area contributed by atoms with E-state index < -0.39 is 17.9 Å². The van der Waals surface area contributed by atoms with Gasteiger partial charge in [-0.25, -0.2) is 4.79 Å². The highest BCUT2D eigenvalue weighted by atomic mass is 16.4. The first-order valence-corrected chi connectivity index (χ1v) is 9.87. The van der Waals surface area contributed by atoms with Gasteiger partial charge in [0.1, 0.15) is 6.04 Å². The number of piperidine rings is 1. The molecule has 152 valence electrons. The topological polar surface area (TPSA) is 86.7 Å². The summed E-state index contributed by atoms with van der Waals surface area (Å²) in [5.41, 5.74) is 2.53. The number of aryl methyl sites for hydroxylation is 1. The number of aliphatic carboxylic acids is 1. The van der Waals surface area contributed by atoms with Crippen molar-refractivity contribution in [2.45, 2.75) is 32.2 Å². The molecule has 2 unspecified atom stereocenters. The maximum absolute atomic E-state index is 12.8. The Hall–Kier alpha value is -3.15. The first-order valence-electron chi connectivity index (χ1n) is 9.87. The lowest BCUT2D eigenvalue weighted by Gasteiger charge is -2.32. The summed E-state index contributed by atoms with van der Waals surface area (Å²) in [6.45, 7) is 2.86. The molecule has 1 saturated heterocycles. The number of amides is 2. The van der Waals surface area contributed by atoms with Crippen LogP contribution in [0.1, 0.15) is 34.3 Å². The zero-order chi connectivity index (χ0) is 20.8. The highest BCUT2D eigenvalue weighted by Crippen LogP contribution is 2.19. The molecular formula is C23H26N2O4. The zero-order valence-corrected chi connectivity index (χ0v) is 16.5. The lowest BCUT2D eigenvalue weighted by Crippen LogP contribution is -2.50. The van der Waals surface area contributed by atoms with Gasteiger partial charge in [0.25, 0.3) is 5.91 Å². The van der Waals surface area contributed by atoms with Crippen LogP contribution in [0.25, 0.3) is 0 Å². The van der Waals surface area contributed by atoms with Gasteiger partial charge in [-0.1, -0.05) is 48.0 Å². The number of nitrogens with zero attached hydrogens (tertiary/aromatic N) is 1. The number of carboxylic acid groups (broad SMARTS) is 1. The third-order valence-electron chi connectivity index (χ3n) is 5.28. The predicted molar refractivity (Wildman–Crippen MR) is 110 cm³/mol. The smallest absolute Gasteiger partial charge is 0.326 e. The molecule has 0 spiro atoms. The van der Waals surface area contributed by atoms with Crippen LogP contribution in [-0.4, -0.2) is 46.9 Å². The van der Waals surface area contributed by atoms with Crippen LogP contribution >= 0.6 is 0 Å². The Bertz CT molecular complexity index is 864. The number of hydrogen-bond donors (Lipinski definition) is 2. The predicted octanol–water partition coefficient (Wildman–Crippen LogP) is 2.66. The van der Waals surface area contributed by atoms with Crippen LogP contribution in [0.4, 0.5) is 0 Å². The Morgan fingerprint density at radius 3 is 2.45 bits per heavy atom. The van der Waals surface area contributed by atoms with Gasteiger partial charge in [-0.3, -0.25) is 9.59 Å². The molecule has 1 aliphatic heterocycles. The Balaban J connectivity index is 1.62. The standard InChI is InChI=1S/C23H26N2O4/c1-16-9-11-18(12-10-16)22(27)25-13-5-8-19(15-25)21(26)24-20(23(28)29)14-17-6-3-2-4-7-17/h2-4,6-7,9-12,19-20H,5,8,13-15H2,1H3,(H,24,26)(H,28,29). The third-order valence-corrected chi connectivity index (χ3v) is 5.28. The molecule has 2 aromatic carbocycles. The van der Waals surface area contributed by atoms with Crippen molar-refractivity contribution in [3.63, 3.8) is 0 Å². The molecule has 29 heavy (non-hydrogen) atoms. The van der Waals surface area contributed by atoms with Crippen LogP contribution in [0.15, 0.2) is 54.6 Å². The number of carboxylic acids is 1. The summed E-state index contributed by atoms with van der Waals surface area (Å²) in [5.74, 6) is -1.88. The minimum absolute atomic E-state index is 0.0958. The van der Waals surface area contributed by atoms with Crippen LogP contribution in [0, 0.1) is 12.8 Å². The number of rotatable bonds is 6.